The molecule has 1 amide bonds. The lowest BCUT2D eigenvalue weighted by Crippen LogP contribution is -2.41. The molecule has 1 atom stereocenters. The molecule has 0 fully saturated rings. The molecule has 21 heavy (non-hydrogen) atoms. The summed E-state index contributed by atoms with van der Waals surface area (Å²) in [5.41, 5.74) is 0. The van der Waals surface area contributed by atoms with Crippen LogP contribution in [0.5, 0.6) is 0 Å². The van der Waals surface area contributed by atoms with Gasteiger partial charge in [-0.2, -0.15) is 0 Å². The maximum atomic E-state index is 11.5. The van der Waals surface area contributed by atoms with E-state index in [0.717, 1.165) is 44.9 Å². The van der Waals surface area contributed by atoms with Gasteiger partial charge in [-0.25, -0.2) is 9.59 Å². The fraction of sp³-hybridized carbons (Fsp3) is 0.625. The summed E-state index contributed by atoms with van der Waals surface area (Å²) in [5, 5.41) is 11.5. The Hall–Kier alpha value is -1.78. The number of carbonyl (C=O) groups is 2. The lowest BCUT2D eigenvalue weighted by Gasteiger charge is -2.14. The van der Waals surface area contributed by atoms with Crippen LogP contribution in [-0.4, -0.2) is 29.8 Å². The Morgan fingerprint density at radius 1 is 1.05 bits per heavy atom. The summed E-state index contributed by atoms with van der Waals surface area (Å²) in [7, 11) is 0. The molecule has 0 spiro atoms. The topological polar surface area (TPSA) is 75.6 Å². The molecule has 120 valence electrons. The van der Waals surface area contributed by atoms with Crippen molar-refractivity contribution in [3.63, 3.8) is 0 Å². The first kappa shape index (κ1) is 19.2. The Morgan fingerprint density at radius 3 is 2.24 bits per heavy atom. The summed E-state index contributed by atoms with van der Waals surface area (Å²) in [6.07, 6.45) is 9.54. The molecule has 0 aromatic rings. The highest BCUT2D eigenvalue weighted by Crippen LogP contribution is 2.07. The van der Waals surface area contributed by atoms with Crippen LogP contribution in [0.25, 0.3) is 0 Å². The maximum Gasteiger partial charge on any atom is 0.407 e. The minimum atomic E-state index is -1.03. The Bertz CT molecular complexity index is 328. The zero-order valence-corrected chi connectivity index (χ0v) is 12.7. The third-order valence-corrected chi connectivity index (χ3v) is 3.03. The number of allylic oxidation sites excluding steroid dienone is 2. The van der Waals surface area contributed by atoms with Gasteiger partial charge in [0.05, 0.1) is 6.61 Å². The number of carboxylic acid groups (broad SMARTS) is 1. The number of carbonyl (C=O) groups excluding carboxylic acids is 1. The molecule has 0 bridgehead atoms. The molecule has 0 radical (unpaired) electrons. The van der Waals surface area contributed by atoms with Crippen LogP contribution in [0, 0.1) is 0 Å². The second-order valence-corrected chi connectivity index (χ2v) is 4.88. The number of rotatable bonds is 13. The van der Waals surface area contributed by atoms with Crippen molar-refractivity contribution in [1.29, 1.82) is 0 Å². The molecular weight excluding hydrogens is 270 g/mol. The van der Waals surface area contributed by atoms with E-state index in [4.69, 9.17) is 9.84 Å². The summed E-state index contributed by atoms with van der Waals surface area (Å²) in [6, 6.07) is -0.880. The van der Waals surface area contributed by atoms with Crippen molar-refractivity contribution < 1.29 is 19.4 Å². The first-order valence-corrected chi connectivity index (χ1v) is 7.49. The van der Waals surface area contributed by atoms with Gasteiger partial charge in [0, 0.05) is 0 Å². The van der Waals surface area contributed by atoms with Crippen LogP contribution in [0.4, 0.5) is 4.79 Å². The van der Waals surface area contributed by atoms with Crippen LogP contribution in [0.15, 0.2) is 25.3 Å². The van der Waals surface area contributed by atoms with Crippen molar-refractivity contribution in [3.8, 4) is 0 Å². The second kappa shape index (κ2) is 13.2. The summed E-state index contributed by atoms with van der Waals surface area (Å²) < 4.78 is 4.95. The van der Waals surface area contributed by atoms with E-state index in [0.29, 0.717) is 13.0 Å². The van der Waals surface area contributed by atoms with Gasteiger partial charge >= 0.3 is 12.1 Å². The summed E-state index contributed by atoms with van der Waals surface area (Å²) in [6.45, 7) is 7.54. The Labute approximate surface area is 127 Å². The normalized spacial score (nSPS) is 11.4. The molecule has 0 aromatic carbocycles. The molecule has 5 heteroatoms. The quantitative estimate of drug-likeness (QED) is 0.402. The van der Waals surface area contributed by atoms with Crippen LogP contribution in [0.3, 0.4) is 0 Å². The van der Waals surface area contributed by atoms with Crippen LogP contribution < -0.4 is 5.32 Å². The Kier molecular flexibility index (Phi) is 12.1. The largest absolute Gasteiger partial charge is 0.480 e. The number of carboxylic acids is 1. The Balaban J connectivity index is 3.85. The molecule has 0 saturated carbocycles. The predicted octanol–water partition coefficient (Wildman–Crippen LogP) is 3.66. The number of hydrogen-bond acceptors (Lipinski definition) is 3. The number of hydrogen-bond donors (Lipinski definition) is 2. The molecule has 0 unspecified atom stereocenters. The molecule has 0 heterocycles. The van der Waals surface area contributed by atoms with E-state index in [1.54, 1.807) is 0 Å². The predicted molar refractivity (Wildman–Crippen MR) is 83.2 cm³/mol. The van der Waals surface area contributed by atoms with Gasteiger partial charge in [-0.3, -0.25) is 0 Å². The molecule has 0 saturated heterocycles. The molecule has 0 aliphatic carbocycles. The van der Waals surface area contributed by atoms with E-state index in [2.05, 4.69) is 18.5 Å². The molecule has 0 aromatic heterocycles. The van der Waals surface area contributed by atoms with Crippen molar-refractivity contribution in [2.24, 2.45) is 0 Å². The van der Waals surface area contributed by atoms with E-state index in [-0.39, 0.29) is 0 Å². The number of nitrogens with one attached hydrogen (secondary N) is 1. The zero-order valence-electron chi connectivity index (χ0n) is 12.7. The van der Waals surface area contributed by atoms with Crippen molar-refractivity contribution >= 4 is 12.1 Å². The standard InChI is InChI=1S/C16H27NO4/c1-3-5-7-9-10-12-14(15(18)19)17-16(20)21-13-11-8-6-4-2/h3-4,14H,1-2,5-13H2,(H,17,20)(H,18,19)/t14-/m0/s1. The molecular formula is C16H27NO4. The monoisotopic (exact) mass is 297 g/mol. The Morgan fingerprint density at radius 2 is 1.67 bits per heavy atom. The minimum Gasteiger partial charge on any atom is -0.480 e. The maximum absolute atomic E-state index is 11.5. The minimum absolute atomic E-state index is 0.297. The van der Waals surface area contributed by atoms with Crippen molar-refractivity contribution in [1.82, 2.24) is 5.32 Å². The van der Waals surface area contributed by atoms with Crippen molar-refractivity contribution in [2.75, 3.05) is 6.61 Å². The third-order valence-electron chi connectivity index (χ3n) is 3.03. The SMILES string of the molecule is C=CCCCCC[C@H](NC(=O)OCCCCC=C)C(=O)O. The molecule has 5 nitrogen and oxygen atoms in total. The van der Waals surface area contributed by atoms with Gasteiger partial charge in [-0.05, 0) is 38.5 Å². The lowest BCUT2D eigenvalue weighted by atomic mass is 10.1. The molecule has 0 rings (SSSR count). The van der Waals surface area contributed by atoms with E-state index < -0.39 is 18.1 Å². The van der Waals surface area contributed by atoms with E-state index in [9.17, 15) is 9.59 Å². The van der Waals surface area contributed by atoms with E-state index in [1.165, 1.54) is 0 Å². The number of ether oxygens (including phenoxy) is 1. The summed E-state index contributed by atoms with van der Waals surface area (Å²) >= 11 is 0. The highest BCUT2D eigenvalue weighted by Gasteiger charge is 2.19. The van der Waals surface area contributed by atoms with Gasteiger partial charge in [-0.1, -0.05) is 25.0 Å². The summed E-state index contributed by atoms with van der Waals surface area (Å²) in [5.74, 6) is -1.03. The van der Waals surface area contributed by atoms with Crippen molar-refractivity contribution in [3.05, 3.63) is 25.3 Å². The van der Waals surface area contributed by atoms with Gasteiger partial charge in [0.2, 0.25) is 0 Å². The third kappa shape index (κ3) is 11.7. The average molecular weight is 297 g/mol. The first-order chi connectivity index (χ1) is 10.1. The number of alkyl carbamates (subject to hydrolysis) is 1. The number of aliphatic carboxylic acids is 1. The summed E-state index contributed by atoms with van der Waals surface area (Å²) in [4.78, 5) is 22.6. The van der Waals surface area contributed by atoms with Crippen LogP contribution in [-0.2, 0) is 9.53 Å². The molecule has 0 aliphatic rings. The number of amides is 1. The van der Waals surface area contributed by atoms with Crippen LogP contribution in [0.1, 0.15) is 51.4 Å². The smallest absolute Gasteiger partial charge is 0.407 e. The number of unbranched alkanes of at least 4 members (excludes halogenated alkanes) is 5. The zero-order chi connectivity index (χ0) is 15.9. The van der Waals surface area contributed by atoms with Crippen molar-refractivity contribution in [2.45, 2.75) is 57.4 Å². The fourth-order valence-corrected chi connectivity index (χ4v) is 1.81. The van der Waals surface area contributed by atoms with Gasteiger partial charge in [-0.15, -0.1) is 13.2 Å². The highest BCUT2D eigenvalue weighted by atomic mass is 16.5. The van der Waals surface area contributed by atoms with Gasteiger partial charge in [0.1, 0.15) is 6.04 Å². The fourth-order valence-electron chi connectivity index (χ4n) is 1.81. The highest BCUT2D eigenvalue weighted by molar-refractivity contribution is 5.79. The molecule has 0 aliphatic heterocycles. The lowest BCUT2D eigenvalue weighted by molar-refractivity contribution is -0.139. The van der Waals surface area contributed by atoms with Gasteiger partial charge in [0.15, 0.2) is 0 Å². The molecule has 2 N–H and O–H groups in total. The van der Waals surface area contributed by atoms with Gasteiger partial charge < -0.3 is 15.2 Å². The first-order valence-electron chi connectivity index (χ1n) is 7.49. The van der Waals surface area contributed by atoms with E-state index in [1.807, 2.05) is 12.2 Å². The average Bonchev–Trinajstić information content (AvgIpc) is 2.45. The second-order valence-electron chi connectivity index (χ2n) is 4.88. The van der Waals surface area contributed by atoms with E-state index >= 15 is 0 Å². The van der Waals surface area contributed by atoms with Gasteiger partial charge in [0.25, 0.3) is 0 Å². The van der Waals surface area contributed by atoms with Crippen LogP contribution >= 0.6 is 0 Å². The van der Waals surface area contributed by atoms with Crippen LogP contribution in [0.2, 0.25) is 0 Å².